The van der Waals surface area contributed by atoms with Crippen LogP contribution in [-0.2, 0) is 0 Å². The molecule has 0 unspecified atom stereocenters. The highest BCUT2D eigenvalue weighted by Crippen LogP contribution is 2.37. The summed E-state index contributed by atoms with van der Waals surface area (Å²) in [4.78, 5) is 14.8. The summed E-state index contributed by atoms with van der Waals surface area (Å²) in [5.41, 5.74) is 7.18. The first-order valence-corrected chi connectivity index (χ1v) is 6.52. The molecule has 0 bridgehead atoms. The van der Waals surface area contributed by atoms with Crippen molar-refractivity contribution >= 4 is 28.6 Å². The summed E-state index contributed by atoms with van der Waals surface area (Å²) >= 11 is 1.44. The van der Waals surface area contributed by atoms with Gasteiger partial charge in [-0.05, 0) is 23.6 Å². The summed E-state index contributed by atoms with van der Waals surface area (Å²) in [6.45, 7) is 1.02. The zero-order chi connectivity index (χ0) is 12.5. The lowest BCUT2D eigenvalue weighted by Gasteiger charge is -2.29. The van der Waals surface area contributed by atoms with Gasteiger partial charge < -0.3 is 15.4 Å². The van der Waals surface area contributed by atoms with E-state index in [-0.39, 0.29) is 5.91 Å². The molecule has 2 aromatic rings. The molecule has 0 radical (unpaired) electrons. The van der Waals surface area contributed by atoms with E-state index in [2.05, 4.69) is 0 Å². The van der Waals surface area contributed by atoms with Gasteiger partial charge in [-0.3, -0.25) is 4.79 Å². The second-order valence-electron chi connectivity index (χ2n) is 3.98. The predicted molar refractivity (Wildman–Crippen MR) is 72.3 cm³/mol. The van der Waals surface area contributed by atoms with Crippen molar-refractivity contribution < 1.29 is 9.53 Å². The lowest BCUT2D eigenvalue weighted by atomic mass is 10.2. The third kappa shape index (κ3) is 1.73. The van der Waals surface area contributed by atoms with Crippen LogP contribution in [0.1, 0.15) is 9.67 Å². The Hall–Kier alpha value is -2.01. The molecule has 3 rings (SSSR count). The van der Waals surface area contributed by atoms with Crippen molar-refractivity contribution in [3.63, 3.8) is 0 Å². The van der Waals surface area contributed by atoms with Crippen LogP contribution in [0.2, 0.25) is 0 Å². The SMILES string of the molecule is Nc1cccc2c1OCCN2C(=O)c1cccs1. The average Bonchev–Trinajstić information content (AvgIpc) is 2.92. The number of carbonyl (C=O) groups is 1. The van der Waals surface area contributed by atoms with Gasteiger partial charge in [0.05, 0.1) is 22.8 Å². The Bertz CT molecular complexity index is 581. The molecule has 0 fully saturated rings. The minimum atomic E-state index is 0.000139. The normalized spacial score (nSPS) is 13.9. The van der Waals surface area contributed by atoms with Gasteiger partial charge >= 0.3 is 0 Å². The van der Waals surface area contributed by atoms with E-state index in [1.54, 1.807) is 11.0 Å². The molecule has 2 heterocycles. The summed E-state index contributed by atoms with van der Waals surface area (Å²) in [7, 11) is 0. The van der Waals surface area contributed by atoms with Gasteiger partial charge in [0.25, 0.3) is 5.91 Å². The van der Waals surface area contributed by atoms with Gasteiger partial charge in [0.15, 0.2) is 5.75 Å². The molecule has 0 atom stereocenters. The monoisotopic (exact) mass is 260 g/mol. The van der Waals surface area contributed by atoms with Crippen molar-refractivity contribution in [1.29, 1.82) is 0 Å². The summed E-state index contributed by atoms with van der Waals surface area (Å²) in [5.74, 6) is 0.605. The maximum atomic E-state index is 12.4. The van der Waals surface area contributed by atoms with E-state index in [0.717, 1.165) is 10.6 Å². The Balaban J connectivity index is 2.02. The number of rotatable bonds is 1. The van der Waals surface area contributed by atoms with Crippen molar-refractivity contribution in [2.45, 2.75) is 0 Å². The largest absolute Gasteiger partial charge is 0.487 e. The Kier molecular flexibility index (Phi) is 2.68. The number of nitrogens with zero attached hydrogens (tertiary/aromatic N) is 1. The van der Waals surface area contributed by atoms with Gasteiger partial charge in [-0.25, -0.2) is 0 Å². The predicted octanol–water partition coefficient (Wildman–Crippen LogP) is 2.37. The molecular weight excluding hydrogens is 248 g/mol. The molecule has 1 aliphatic rings. The minimum absolute atomic E-state index is 0.000139. The molecule has 0 saturated heterocycles. The van der Waals surface area contributed by atoms with Crippen LogP contribution >= 0.6 is 11.3 Å². The summed E-state index contributed by atoms with van der Waals surface area (Å²) in [5, 5.41) is 1.90. The van der Waals surface area contributed by atoms with E-state index >= 15 is 0 Å². The third-order valence-electron chi connectivity index (χ3n) is 2.85. The Morgan fingerprint density at radius 3 is 3.00 bits per heavy atom. The van der Waals surface area contributed by atoms with Crippen LogP contribution in [0, 0.1) is 0 Å². The van der Waals surface area contributed by atoms with Crippen molar-refractivity contribution in [2.24, 2.45) is 0 Å². The molecule has 1 amide bonds. The zero-order valence-corrected chi connectivity index (χ0v) is 10.4. The lowest BCUT2D eigenvalue weighted by Crippen LogP contribution is -2.37. The number of anilines is 2. The van der Waals surface area contributed by atoms with E-state index in [4.69, 9.17) is 10.5 Å². The molecule has 0 spiro atoms. The molecule has 2 N–H and O–H groups in total. The number of carbonyl (C=O) groups excluding carboxylic acids is 1. The number of thiophene rings is 1. The van der Waals surface area contributed by atoms with Crippen LogP contribution in [-0.4, -0.2) is 19.1 Å². The quantitative estimate of drug-likeness (QED) is 0.801. The number of hydrogen-bond acceptors (Lipinski definition) is 4. The molecule has 4 nitrogen and oxygen atoms in total. The Labute approximate surface area is 109 Å². The second kappa shape index (κ2) is 4.34. The van der Waals surface area contributed by atoms with E-state index < -0.39 is 0 Å². The van der Waals surface area contributed by atoms with E-state index in [1.807, 2.05) is 29.6 Å². The van der Waals surface area contributed by atoms with Crippen molar-refractivity contribution in [3.8, 4) is 5.75 Å². The lowest BCUT2D eigenvalue weighted by molar-refractivity contribution is 0.0980. The molecule has 1 aromatic heterocycles. The highest BCUT2D eigenvalue weighted by atomic mass is 32.1. The van der Waals surface area contributed by atoms with Crippen LogP contribution < -0.4 is 15.4 Å². The van der Waals surface area contributed by atoms with E-state index in [0.29, 0.717) is 24.6 Å². The molecular formula is C13H12N2O2S. The van der Waals surface area contributed by atoms with Gasteiger partial charge in [0.1, 0.15) is 6.61 Å². The fraction of sp³-hybridized carbons (Fsp3) is 0.154. The highest BCUT2D eigenvalue weighted by molar-refractivity contribution is 7.12. The first-order valence-electron chi connectivity index (χ1n) is 5.64. The van der Waals surface area contributed by atoms with Crippen molar-refractivity contribution in [2.75, 3.05) is 23.8 Å². The molecule has 0 aliphatic carbocycles. The molecule has 1 aliphatic heterocycles. The van der Waals surface area contributed by atoms with Gasteiger partial charge in [-0.15, -0.1) is 11.3 Å². The third-order valence-corrected chi connectivity index (χ3v) is 3.71. The fourth-order valence-electron chi connectivity index (χ4n) is 2.02. The number of ether oxygens (including phenoxy) is 1. The smallest absolute Gasteiger partial charge is 0.268 e. The number of hydrogen-bond donors (Lipinski definition) is 1. The van der Waals surface area contributed by atoms with Gasteiger partial charge in [-0.2, -0.15) is 0 Å². The minimum Gasteiger partial charge on any atom is -0.487 e. The maximum Gasteiger partial charge on any atom is 0.268 e. The molecule has 18 heavy (non-hydrogen) atoms. The number of benzene rings is 1. The first-order chi connectivity index (χ1) is 8.77. The van der Waals surface area contributed by atoms with Crippen molar-refractivity contribution in [1.82, 2.24) is 0 Å². The standard InChI is InChI=1S/C13H12N2O2S/c14-9-3-1-4-10-12(9)17-7-6-15(10)13(16)11-5-2-8-18-11/h1-5,8H,6-7,14H2. The summed E-state index contributed by atoms with van der Waals surface area (Å²) in [6, 6.07) is 9.17. The molecule has 5 heteroatoms. The number of nitrogens with two attached hydrogens (primary N) is 1. The van der Waals surface area contributed by atoms with Crippen molar-refractivity contribution in [3.05, 3.63) is 40.6 Å². The van der Waals surface area contributed by atoms with E-state index in [9.17, 15) is 4.79 Å². The maximum absolute atomic E-state index is 12.4. The fourth-order valence-corrected chi connectivity index (χ4v) is 2.69. The highest BCUT2D eigenvalue weighted by Gasteiger charge is 2.26. The first kappa shape index (κ1) is 11.1. The molecule has 1 aromatic carbocycles. The van der Waals surface area contributed by atoms with Crippen LogP contribution in [0.3, 0.4) is 0 Å². The van der Waals surface area contributed by atoms with Crippen LogP contribution in [0.15, 0.2) is 35.7 Å². The number of para-hydroxylation sites is 1. The van der Waals surface area contributed by atoms with Gasteiger partial charge in [0, 0.05) is 0 Å². The van der Waals surface area contributed by atoms with E-state index in [1.165, 1.54) is 11.3 Å². The van der Waals surface area contributed by atoms with Gasteiger partial charge in [0.2, 0.25) is 0 Å². The van der Waals surface area contributed by atoms with Crippen LogP contribution in [0.25, 0.3) is 0 Å². The average molecular weight is 260 g/mol. The molecule has 0 saturated carbocycles. The second-order valence-corrected chi connectivity index (χ2v) is 4.93. The van der Waals surface area contributed by atoms with Gasteiger partial charge in [-0.1, -0.05) is 12.1 Å². The summed E-state index contributed by atoms with van der Waals surface area (Å²) < 4.78 is 5.54. The summed E-state index contributed by atoms with van der Waals surface area (Å²) in [6.07, 6.45) is 0. The number of amides is 1. The Morgan fingerprint density at radius 1 is 1.33 bits per heavy atom. The number of nitrogen functional groups attached to an aromatic ring is 1. The number of fused-ring (bicyclic) bond motifs is 1. The zero-order valence-electron chi connectivity index (χ0n) is 9.63. The molecule has 92 valence electrons. The van der Waals surface area contributed by atoms with Crippen LogP contribution in [0.5, 0.6) is 5.75 Å². The van der Waals surface area contributed by atoms with Crippen LogP contribution in [0.4, 0.5) is 11.4 Å². The Morgan fingerprint density at radius 2 is 2.22 bits per heavy atom. The topological polar surface area (TPSA) is 55.6 Å².